The number of hydrogen-bond acceptors (Lipinski definition) is 1. The molecule has 0 aromatic carbocycles. The Morgan fingerprint density at radius 1 is 1.18 bits per heavy atom. The Hall–Kier alpha value is 1.17. The molecule has 0 aliphatic carbocycles. The third kappa shape index (κ3) is 4.08. The summed E-state index contributed by atoms with van der Waals surface area (Å²) >= 11 is 1.73. The summed E-state index contributed by atoms with van der Waals surface area (Å²) in [6, 6.07) is 0. The van der Waals surface area contributed by atoms with E-state index >= 15 is 0 Å². The molecule has 0 spiro atoms. The van der Waals surface area contributed by atoms with E-state index in [1.54, 1.807) is 21.7 Å². The van der Waals surface area contributed by atoms with Gasteiger partial charge < -0.3 is 0 Å². The SMILES string of the molecule is CN(C)C([S][Ga])=S(C)(C)(C)C. The Morgan fingerprint density at radius 3 is 1.55 bits per heavy atom. The average Bonchev–Trinajstić information content (AvgIpc) is 1.57. The van der Waals surface area contributed by atoms with E-state index in [1.165, 1.54) is 0 Å². The van der Waals surface area contributed by atoms with Gasteiger partial charge in [-0.2, -0.15) is 0 Å². The van der Waals surface area contributed by atoms with E-state index in [1.807, 2.05) is 9.70 Å². The zero-order valence-electron chi connectivity index (χ0n) is 8.34. The summed E-state index contributed by atoms with van der Waals surface area (Å²) in [6.07, 6.45) is 9.50. The van der Waals surface area contributed by atoms with Crippen molar-refractivity contribution in [1.82, 2.24) is 4.90 Å². The van der Waals surface area contributed by atoms with Gasteiger partial charge in [-0.15, -0.1) is 0 Å². The van der Waals surface area contributed by atoms with E-state index in [-0.39, 0.29) is 0 Å². The summed E-state index contributed by atoms with van der Waals surface area (Å²) in [6.45, 7) is 0. The molecule has 0 saturated carbocycles. The van der Waals surface area contributed by atoms with Gasteiger partial charge in [0, 0.05) is 0 Å². The van der Waals surface area contributed by atoms with Crippen molar-refractivity contribution >= 4 is 40.1 Å². The van der Waals surface area contributed by atoms with Crippen molar-refractivity contribution in [1.29, 1.82) is 0 Å². The fourth-order valence-corrected chi connectivity index (χ4v) is 12.8. The van der Waals surface area contributed by atoms with Gasteiger partial charge in [0.25, 0.3) is 0 Å². The molecule has 0 saturated heterocycles. The minimum absolute atomic E-state index is 1.25. The first-order valence-corrected chi connectivity index (χ1v) is 10.9. The third-order valence-corrected chi connectivity index (χ3v) is 8.26. The normalized spacial score (nSPS) is 16.1. The van der Waals surface area contributed by atoms with Gasteiger partial charge in [-0.1, -0.05) is 0 Å². The standard InChI is InChI=1S/C7H19NS2.Ga/c1-8(2)7(9)10(3,4,5)6;/h9H,1-6H3;/q;+1/p-1. The van der Waals surface area contributed by atoms with Gasteiger partial charge in [-0.3, -0.25) is 0 Å². The average molecular weight is 250 g/mol. The van der Waals surface area contributed by atoms with Crippen molar-refractivity contribution in [3.8, 4) is 0 Å². The van der Waals surface area contributed by atoms with Crippen LogP contribution in [-0.4, -0.2) is 65.7 Å². The number of rotatable bonds is 0. The van der Waals surface area contributed by atoms with E-state index in [0.29, 0.717) is 0 Å². The van der Waals surface area contributed by atoms with Crippen molar-refractivity contribution in [3.63, 3.8) is 0 Å². The van der Waals surface area contributed by atoms with Crippen LogP contribution in [0.15, 0.2) is 0 Å². The van der Waals surface area contributed by atoms with Crippen molar-refractivity contribution < 1.29 is 0 Å². The van der Waals surface area contributed by atoms with Gasteiger partial charge >= 0.3 is 84.2 Å². The zero-order valence-corrected chi connectivity index (χ0v) is 12.4. The van der Waals surface area contributed by atoms with Crippen LogP contribution in [0.25, 0.3) is 0 Å². The Balaban J connectivity index is 5.19. The molecule has 0 aromatic heterocycles. The van der Waals surface area contributed by atoms with Gasteiger partial charge in [0.05, 0.1) is 0 Å². The van der Waals surface area contributed by atoms with Gasteiger partial charge in [0.15, 0.2) is 0 Å². The fraction of sp³-hybridized carbons (Fsp3) is 0.857. The molecule has 0 aliphatic rings. The molecule has 2 radical (unpaired) electrons. The van der Waals surface area contributed by atoms with E-state index in [0.717, 1.165) is 0 Å². The molecule has 0 atom stereocenters. The summed E-state index contributed by atoms with van der Waals surface area (Å²) < 4.78 is 1.54. The zero-order chi connectivity index (χ0) is 9.31. The number of hydrogen-bond donors (Lipinski definition) is 0. The molecule has 0 aromatic rings. The van der Waals surface area contributed by atoms with Crippen molar-refractivity contribution in [2.24, 2.45) is 0 Å². The van der Waals surface area contributed by atoms with Crippen LogP contribution in [0.1, 0.15) is 0 Å². The van der Waals surface area contributed by atoms with Gasteiger partial charge in [0.2, 0.25) is 0 Å². The van der Waals surface area contributed by atoms with Crippen LogP contribution in [-0.2, 0) is 0 Å². The quantitative estimate of drug-likeness (QED) is 0.471. The molecule has 0 bridgehead atoms. The molecule has 4 heteroatoms. The molecular weight excluding hydrogens is 232 g/mol. The minimum atomic E-state index is -1.25. The topological polar surface area (TPSA) is 3.24 Å². The van der Waals surface area contributed by atoms with Crippen molar-refractivity contribution in [3.05, 3.63) is 0 Å². The summed E-state index contributed by atoms with van der Waals surface area (Å²) in [5.41, 5.74) is 0. The van der Waals surface area contributed by atoms with Gasteiger partial charge in [-0.05, 0) is 0 Å². The van der Waals surface area contributed by atoms with Crippen molar-refractivity contribution in [2.45, 2.75) is 0 Å². The molecule has 0 aliphatic heterocycles. The van der Waals surface area contributed by atoms with Crippen LogP contribution in [0.5, 0.6) is 0 Å². The van der Waals surface area contributed by atoms with Crippen LogP contribution < -0.4 is 0 Å². The Morgan fingerprint density at radius 2 is 1.55 bits per heavy atom. The predicted octanol–water partition coefficient (Wildman–Crippen LogP) is 1.31. The molecule has 0 N–H and O–H groups in total. The second kappa shape index (κ2) is 3.50. The van der Waals surface area contributed by atoms with Crippen LogP contribution in [0.2, 0.25) is 0 Å². The van der Waals surface area contributed by atoms with Crippen LogP contribution >= 0.6 is 18.4 Å². The molecule has 0 fully saturated rings. The maximum atomic E-state index is 2.37. The van der Waals surface area contributed by atoms with E-state index in [4.69, 9.17) is 0 Å². The first-order valence-electron chi connectivity index (χ1n) is 3.39. The first kappa shape index (κ1) is 12.2. The van der Waals surface area contributed by atoms with E-state index < -0.39 is 8.75 Å². The Labute approximate surface area is 83.9 Å². The molecular formula is C7H18GaNS2. The summed E-state index contributed by atoms with van der Waals surface area (Å²) in [7, 11) is 4.96. The monoisotopic (exact) mass is 249 g/mol. The first-order chi connectivity index (χ1) is 4.65. The predicted molar refractivity (Wildman–Crippen MR) is 63.3 cm³/mol. The molecule has 1 nitrogen and oxygen atoms in total. The van der Waals surface area contributed by atoms with E-state index in [2.05, 4.69) is 44.0 Å². The van der Waals surface area contributed by atoms with Crippen LogP contribution in [0.3, 0.4) is 0 Å². The maximum absolute atomic E-state index is 2.37. The molecule has 66 valence electrons. The van der Waals surface area contributed by atoms with Crippen LogP contribution in [0, 0.1) is 0 Å². The molecule has 0 heterocycles. The second-order valence-corrected chi connectivity index (χ2v) is 13.8. The molecule has 0 rings (SSSR count). The molecule has 11 heavy (non-hydrogen) atoms. The Kier molecular flexibility index (Phi) is 3.87. The van der Waals surface area contributed by atoms with E-state index in [9.17, 15) is 0 Å². The van der Waals surface area contributed by atoms with Gasteiger partial charge in [-0.25, -0.2) is 0 Å². The molecule has 0 amide bonds. The molecule has 0 unspecified atom stereocenters. The third-order valence-electron chi connectivity index (χ3n) is 1.16. The summed E-state index contributed by atoms with van der Waals surface area (Å²) in [5, 5.41) is 0. The van der Waals surface area contributed by atoms with Gasteiger partial charge in [0.1, 0.15) is 0 Å². The number of nitrogens with zero attached hydrogens (tertiary/aromatic N) is 1. The summed E-state index contributed by atoms with van der Waals surface area (Å²) in [5.74, 6) is 0. The fourth-order valence-electron chi connectivity index (χ4n) is 1.03. The summed E-state index contributed by atoms with van der Waals surface area (Å²) in [4.78, 5) is 2.26. The second-order valence-electron chi connectivity index (χ2n) is 4.54. The van der Waals surface area contributed by atoms with Crippen LogP contribution in [0.4, 0.5) is 0 Å². The van der Waals surface area contributed by atoms with Crippen molar-refractivity contribution in [2.75, 3.05) is 39.1 Å². The Bertz CT molecular complexity index is 191.